The van der Waals surface area contributed by atoms with Gasteiger partial charge in [-0.05, 0) is 19.8 Å². The third kappa shape index (κ3) is 5.74. The van der Waals surface area contributed by atoms with E-state index >= 15 is 0 Å². The highest BCUT2D eigenvalue weighted by atomic mass is 16.5. The van der Waals surface area contributed by atoms with Gasteiger partial charge in [0, 0.05) is 12.6 Å². The molecular formula is C11H23NO3. The summed E-state index contributed by atoms with van der Waals surface area (Å²) in [5.74, 6) is 0.181. The number of methoxy groups -OCH3 is 1. The van der Waals surface area contributed by atoms with Crippen LogP contribution in [-0.2, 0) is 14.3 Å². The van der Waals surface area contributed by atoms with Crippen molar-refractivity contribution in [3.63, 3.8) is 0 Å². The first-order valence-corrected chi connectivity index (χ1v) is 5.44. The molecule has 1 N–H and O–H groups in total. The molecule has 0 aromatic rings. The minimum absolute atomic E-state index is 0.180. The molecule has 0 rings (SSSR count). The summed E-state index contributed by atoms with van der Waals surface area (Å²) in [6.07, 6.45) is 0. The van der Waals surface area contributed by atoms with Gasteiger partial charge in [-0.1, -0.05) is 13.8 Å². The predicted octanol–water partition coefficient (Wildman–Crippen LogP) is 1.20. The van der Waals surface area contributed by atoms with Gasteiger partial charge in [-0.15, -0.1) is 0 Å². The third-order valence-electron chi connectivity index (χ3n) is 2.33. The summed E-state index contributed by atoms with van der Waals surface area (Å²) in [5.41, 5.74) is 0. The SMILES string of the molecule is CCOCC(NC(C)C(=O)OC)C(C)C. The van der Waals surface area contributed by atoms with Crippen LogP contribution >= 0.6 is 0 Å². The Bertz CT molecular complexity index is 183. The zero-order chi connectivity index (χ0) is 11.8. The number of carbonyl (C=O) groups excluding carboxylic acids is 1. The van der Waals surface area contributed by atoms with Crippen molar-refractivity contribution in [2.75, 3.05) is 20.3 Å². The van der Waals surface area contributed by atoms with Crippen molar-refractivity contribution in [2.45, 2.75) is 39.8 Å². The lowest BCUT2D eigenvalue weighted by Crippen LogP contribution is -2.46. The van der Waals surface area contributed by atoms with Gasteiger partial charge < -0.3 is 9.47 Å². The fourth-order valence-corrected chi connectivity index (χ4v) is 1.24. The highest BCUT2D eigenvalue weighted by Gasteiger charge is 2.20. The largest absolute Gasteiger partial charge is 0.468 e. The molecule has 0 aliphatic heterocycles. The monoisotopic (exact) mass is 217 g/mol. The van der Waals surface area contributed by atoms with Gasteiger partial charge in [0.15, 0.2) is 0 Å². The molecule has 0 spiro atoms. The van der Waals surface area contributed by atoms with E-state index in [1.54, 1.807) is 6.92 Å². The molecule has 0 radical (unpaired) electrons. The average Bonchev–Trinajstić information content (AvgIpc) is 2.22. The van der Waals surface area contributed by atoms with Gasteiger partial charge in [0.2, 0.25) is 0 Å². The van der Waals surface area contributed by atoms with Crippen molar-refractivity contribution in [3.8, 4) is 0 Å². The first kappa shape index (κ1) is 14.4. The zero-order valence-corrected chi connectivity index (χ0v) is 10.4. The fraction of sp³-hybridized carbons (Fsp3) is 0.909. The maximum atomic E-state index is 11.2. The Morgan fingerprint density at radius 2 is 1.93 bits per heavy atom. The Balaban J connectivity index is 4.09. The number of nitrogens with one attached hydrogen (secondary N) is 1. The molecule has 0 heterocycles. The highest BCUT2D eigenvalue weighted by Crippen LogP contribution is 2.04. The van der Waals surface area contributed by atoms with E-state index in [2.05, 4.69) is 23.9 Å². The van der Waals surface area contributed by atoms with Gasteiger partial charge in [0.1, 0.15) is 6.04 Å². The molecule has 0 saturated carbocycles. The standard InChI is InChI=1S/C11H23NO3/c1-6-15-7-10(8(2)3)12-9(4)11(13)14-5/h8-10,12H,6-7H2,1-5H3. The van der Waals surface area contributed by atoms with Crippen LogP contribution in [0.25, 0.3) is 0 Å². The molecule has 2 unspecified atom stereocenters. The van der Waals surface area contributed by atoms with E-state index in [1.165, 1.54) is 7.11 Å². The Morgan fingerprint density at radius 3 is 2.33 bits per heavy atom. The number of ether oxygens (including phenoxy) is 2. The van der Waals surface area contributed by atoms with E-state index in [0.717, 1.165) is 0 Å². The Morgan fingerprint density at radius 1 is 1.33 bits per heavy atom. The molecule has 0 amide bonds. The minimum atomic E-state index is -0.289. The maximum absolute atomic E-state index is 11.2. The molecule has 0 aliphatic carbocycles. The van der Waals surface area contributed by atoms with E-state index in [1.807, 2.05) is 6.92 Å². The Kier molecular flexibility index (Phi) is 7.34. The van der Waals surface area contributed by atoms with Gasteiger partial charge in [0.25, 0.3) is 0 Å². The molecule has 15 heavy (non-hydrogen) atoms. The maximum Gasteiger partial charge on any atom is 0.322 e. The lowest BCUT2D eigenvalue weighted by atomic mass is 10.0. The molecular weight excluding hydrogens is 194 g/mol. The van der Waals surface area contributed by atoms with Crippen molar-refractivity contribution in [3.05, 3.63) is 0 Å². The molecule has 0 saturated heterocycles. The minimum Gasteiger partial charge on any atom is -0.468 e. The van der Waals surface area contributed by atoms with Crippen molar-refractivity contribution in [1.29, 1.82) is 0 Å². The highest BCUT2D eigenvalue weighted by molar-refractivity contribution is 5.75. The topological polar surface area (TPSA) is 47.6 Å². The normalized spacial score (nSPS) is 15.1. The molecule has 0 aliphatic rings. The smallest absolute Gasteiger partial charge is 0.322 e. The zero-order valence-electron chi connectivity index (χ0n) is 10.4. The van der Waals surface area contributed by atoms with Gasteiger partial charge >= 0.3 is 5.97 Å². The summed E-state index contributed by atoms with van der Waals surface area (Å²) in [6, 6.07) is -0.109. The Labute approximate surface area is 92.3 Å². The van der Waals surface area contributed by atoms with Crippen LogP contribution in [0.1, 0.15) is 27.7 Å². The molecule has 0 aromatic carbocycles. The van der Waals surface area contributed by atoms with Crippen LogP contribution in [0.5, 0.6) is 0 Å². The quantitative estimate of drug-likeness (QED) is 0.651. The van der Waals surface area contributed by atoms with Crippen molar-refractivity contribution in [1.82, 2.24) is 5.32 Å². The van der Waals surface area contributed by atoms with Crippen LogP contribution in [0.4, 0.5) is 0 Å². The summed E-state index contributed by atoms with van der Waals surface area (Å²) in [5, 5.41) is 3.20. The first-order chi connectivity index (χ1) is 7.02. The molecule has 4 nitrogen and oxygen atoms in total. The van der Waals surface area contributed by atoms with Crippen molar-refractivity contribution >= 4 is 5.97 Å². The summed E-state index contributed by atoms with van der Waals surface area (Å²) in [7, 11) is 1.40. The summed E-state index contributed by atoms with van der Waals surface area (Å²) in [6.45, 7) is 9.27. The number of rotatable bonds is 7. The van der Waals surface area contributed by atoms with E-state index in [-0.39, 0.29) is 18.1 Å². The number of hydrogen-bond acceptors (Lipinski definition) is 4. The first-order valence-electron chi connectivity index (χ1n) is 5.44. The van der Waals surface area contributed by atoms with Crippen LogP contribution in [-0.4, -0.2) is 38.4 Å². The Hall–Kier alpha value is -0.610. The van der Waals surface area contributed by atoms with E-state index < -0.39 is 0 Å². The van der Waals surface area contributed by atoms with Crippen LogP contribution < -0.4 is 5.32 Å². The lowest BCUT2D eigenvalue weighted by molar-refractivity contribution is -0.143. The molecule has 90 valence electrons. The van der Waals surface area contributed by atoms with Gasteiger partial charge in [-0.25, -0.2) is 0 Å². The molecule has 0 aromatic heterocycles. The van der Waals surface area contributed by atoms with Crippen molar-refractivity contribution < 1.29 is 14.3 Å². The van der Waals surface area contributed by atoms with E-state index in [0.29, 0.717) is 19.1 Å². The molecule has 2 atom stereocenters. The second kappa shape index (κ2) is 7.65. The number of esters is 1. The summed E-state index contributed by atoms with van der Waals surface area (Å²) < 4.78 is 10.0. The van der Waals surface area contributed by atoms with Gasteiger partial charge in [-0.2, -0.15) is 0 Å². The van der Waals surface area contributed by atoms with Gasteiger partial charge in [-0.3, -0.25) is 10.1 Å². The van der Waals surface area contributed by atoms with Crippen LogP contribution in [0.2, 0.25) is 0 Å². The van der Waals surface area contributed by atoms with Crippen molar-refractivity contribution in [2.24, 2.45) is 5.92 Å². The lowest BCUT2D eigenvalue weighted by Gasteiger charge is -2.24. The number of carbonyl (C=O) groups is 1. The molecule has 0 fully saturated rings. The van der Waals surface area contributed by atoms with E-state index in [9.17, 15) is 4.79 Å². The van der Waals surface area contributed by atoms with Crippen LogP contribution in [0, 0.1) is 5.92 Å². The second-order valence-electron chi connectivity index (χ2n) is 3.92. The molecule has 4 heteroatoms. The van der Waals surface area contributed by atoms with Crippen LogP contribution in [0.15, 0.2) is 0 Å². The molecule has 0 bridgehead atoms. The summed E-state index contributed by atoms with van der Waals surface area (Å²) in [4.78, 5) is 11.2. The predicted molar refractivity (Wildman–Crippen MR) is 59.7 cm³/mol. The third-order valence-corrected chi connectivity index (χ3v) is 2.33. The van der Waals surface area contributed by atoms with Gasteiger partial charge in [0.05, 0.1) is 13.7 Å². The fourth-order valence-electron chi connectivity index (χ4n) is 1.24. The van der Waals surface area contributed by atoms with Crippen LogP contribution in [0.3, 0.4) is 0 Å². The average molecular weight is 217 g/mol. The summed E-state index contributed by atoms with van der Waals surface area (Å²) >= 11 is 0. The second-order valence-corrected chi connectivity index (χ2v) is 3.92. The van der Waals surface area contributed by atoms with E-state index in [4.69, 9.17) is 4.74 Å². The number of hydrogen-bond donors (Lipinski definition) is 1.